The largest absolute Gasteiger partial charge is 0.458 e. The quantitative estimate of drug-likeness (QED) is 0.421. The van der Waals surface area contributed by atoms with Gasteiger partial charge in [-0.25, -0.2) is 4.79 Å². The van der Waals surface area contributed by atoms with E-state index in [0.29, 0.717) is 5.57 Å². The summed E-state index contributed by atoms with van der Waals surface area (Å²) in [6.45, 7) is 5.62. The Kier molecular flexibility index (Phi) is 9.00. The summed E-state index contributed by atoms with van der Waals surface area (Å²) in [4.78, 5) is 11.2. The Hall–Kier alpha value is -2.19. The highest BCUT2D eigenvalue weighted by atomic mass is 16.5. The van der Waals surface area contributed by atoms with Crippen LogP contribution in [0.25, 0.3) is 0 Å². The predicted octanol–water partition coefficient (Wildman–Crippen LogP) is 2.63. The van der Waals surface area contributed by atoms with Crippen LogP contribution in [0.2, 0.25) is 0 Å². The molecule has 2 heteroatoms. The first-order chi connectivity index (χ1) is 8.22. The van der Waals surface area contributed by atoms with Crippen LogP contribution in [0.5, 0.6) is 0 Å². The Bertz CT molecular complexity index is 443. The molecule has 0 fully saturated rings. The van der Waals surface area contributed by atoms with Crippen molar-refractivity contribution in [3.05, 3.63) is 36.0 Å². The number of hydrogen-bond acceptors (Lipinski definition) is 2. The maximum atomic E-state index is 11.2. The fourth-order valence-electron chi connectivity index (χ4n) is 0.701. The Labute approximate surface area is 103 Å². The Morgan fingerprint density at radius 1 is 1.18 bits per heavy atom. The average Bonchev–Trinajstić information content (AvgIpc) is 2.35. The molecule has 0 unspecified atom stereocenters. The monoisotopic (exact) mass is 228 g/mol. The minimum Gasteiger partial charge on any atom is -0.458 e. The van der Waals surface area contributed by atoms with Gasteiger partial charge in [-0.2, -0.15) is 0 Å². The molecule has 0 N–H and O–H groups in total. The van der Waals surface area contributed by atoms with Crippen molar-refractivity contribution >= 4 is 5.97 Å². The average molecular weight is 228 g/mol. The van der Waals surface area contributed by atoms with Gasteiger partial charge in [-0.15, -0.1) is 0 Å². The number of hydrogen-bond donors (Lipinski definition) is 0. The third-order valence-corrected chi connectivity index (χ3v) is 1.72. The van der Waals surface area contributed by atoms with E-state index in [-0.39, 0.29) is 12.6 Å². The van der Waals surface area contributed by atoms with Gasteiger partial charge >= 0.3 is 5.97 Å². The summed E-state index contributed by atoms with van der Waals surface area (Å²) < 4.78 is 4.93. The molecular weight excluding hydrogens is 212 g/mol. The van der Waals surface area contributed by atoms with Crippen LogP contribution < -0.4 is 0 Å². The van der Waals surface area contributed by atoms with E-state index < -0.39 is 0 Å². The van der Waals surface area contributed by atoms with Gasteiger partial charge in [0.1, 0.15) is 6.61 Å². The molecule has 0 atom stereocenters. The molecule has 88 valence electrons. The number of ether oxygens (including phenoxy) is 1. The van der Waals surface area contributed by atoms with Crippen LogP contribution >= 0.6 is 0 Å². The summed E-state index contributed by atoms with van der Waals surface area (Å²) >= 11 is 0. The molecule has 0 radical (unpaired) electrons. The summed E-state index contributed by atoms with van der Waals surface area (Å²) in [5.41, 5.74) is 0.599. The number of esters is 1. The maximum Gasteiger partial charge on any atom is 0.333 e. The lowest BCUT2D eigenvalue weighted by molar-refractivity contribution is -0.137. The van der Waals surface area contributed by atoms with Gasteiger partial charge < -0.3 is 4.74 Å². The van der Waals surface area contributed by atoms with Crippen molar-refractivity contribution in [3.63, 3.8) is 0 Å². The lowest BCUT2D eigenvalue weighted by Crippen LogP contribution is -2.05. The van der Waals surface area contributed by atoms with E-state index >= 15 is 0 Å². The Morgan fingerprint density at radius 3 is 2.41 bits per heavy atom. The third kappa shape index (κ3) is 8.78. The van der Waals surface area contributed by atoms with Gasteiger partial charge in [-0.3, -0.25) is 0 Å². The first-order valence-electron chi connectivity index (χ1n) is 5.29. The van der Waals surface area contributed by atoms with Gasteiger partial charge in [0.2, 0.25) is 0 Å². The standard InChI is InChI=1S/C15H16O2/c1-4-6-7-8-9-10-11-12-13-17-15(16)14(3)5-2/h4-6,11-12H,13H2,1-3H3. The fraction of sp³-hybridized carbons (Fsp3) is 0.267. The van der Waals surface area contributed by atoms with Crippen LogP contribution in [0, 0.1) is 23.7 Å². The van der Waals surface area contributed by atoms with Crippen molar-refractivity contribution in [1.82, 2.24) is 0 Å². The summed E-state index contributed by atoms with van der Waals surface area (Å²) in [7, 11) is 0. The number of rotatable bonds is 3. The smallest absolute Gasteiger partial charge is 0.333 e. The highest BCUT2D eigenvalue weighted by Crippen LogP contribution is 1.95. The van der Waals surface area contributed by atoms with Gasteiger partial charge in [0.05, 0.1) is 0 Å². The molecule has 0 aromatic rings. The minimum absolute atomic E-state index is 0.223. The number of carbonyl (C=O) groups excluding carboxylic acids is 1. The second-order valence-electron chi connectivity index (χ2n) is 3.01. The van der Waals surface area contributed by atoms with Gasteiger partial charge in [-0.1, -0.05) is 24.0 Å². The van der Waals surface area contributed by atoms with Crippen molar-refractivity contribution in [1.29, 1.82) is 0 Å². The second-order valence-corrected chi connectivity index (χ2v) is 3.01. The molecule has 0 aliphatic rings. The molecule has 0 amide bonds. The van der Waals surface area contributed by atoms with Gasteiger partial charge in [-0.05, 0) is 50.8 Å². The molecule has 0 aromatic heterocycles. The highest BCUT2D eigenvalue weighted by molar-refractivity contribution is 5.87. The van der Waals surface area contributed by atoms with E-state index in [0.717, 1.165) is 0 Å². The van der Waals surface area contributed by atoms with Crippen LogP contribution in [-0.2, 0) is 9.53 Å². The third-order valence-electron chi connectivity index (χ3n) is 1.72. The first kappa shape index (κ1) is 14.8. The van der Waals surface area contributed by atoms with Crippen molar-refractivity contribution in [2.45, 2.75) is 20.8 Å². The zero-order valence-electron chi connectivity index (χ0n) is 10.4. The van der Waals surface area contributed by atoms with Gasteiger partial charge in [0, 0.05) is 5.57 Å². The van der Waals surface area contributed by atoms with E-state index in [9.17, 15) is 4.79 Å². The zero-order chi connectivity index (χ0) is 12.9. The molecule has 0 aliphatic carbocycles. The molecule has 0 spiro atoms. The van der Waals surface area contributed by atoms with Gasteiger partial charge in [0.15, 0.2) is 0 Å². The maximum absolute atomic E-state index is 11.2. The highest BCUT2D eigenvalue weighted by Gasteiger charge is 2.01. The summed E-state index contributed by atoms with van der Waals surface area (Å²) in [5, 5.41) is 0. The molecular formula is C15H16O2. The molecule has 0 heterocycles. The van der Waals surface area contributed by atoms with Crippen LogP contribution in [-0.4, -0.2) is 12.6 Å². The fourth-order valence-corrected chi connectivity index (χ4v) is 0.701. The summed E-state index contributed by atoms with van der Waals surface area (Å²) in [5.74, 6) is 10.4. The second kappa shape index (κ2) is 10.3. The molecule has 0 aliphatic heterocycles. The minimum atomic E-state index is -0.307. The first-order valence-corrected chi connectivity index (χ1v) is 5.29. The normalized spacial score (nSPS) is 10.6. The van der Waals surface area contributed by atoms with Crippen LogP contribution in [0.3, 0.4) is 0 Å². The van der Waals surface area contributed by atoms with Crippen molar-refractivity contribution in [2.75, 3.05) is 6.61 Å². The van der Waals surface area contributed by atoms with E-state index in [1.807, 2.05) is 13.0 Å². The zero-order valence-corrected chi connectivity index (χ0v) is 10.4. The van der Waals surface area contributed by atoms with Crippen molar-refractivity contribution < 1.29 is 9.53 Å². The SMILES string of the molecule is CC=CC#CC#CC=CCOC(=O)C(C)=CC. The Morgan fingerprint density at radius 2 is 1.82 bits per heavy atom. The van der Waals surface area contributed by atoms with E-state index in [2.05, 4.69) is 23.7 Å². The topological polar surface area (TPSA) is 26.3 Å². The van der Waals surface area contributed by atoms with Crippen LogP contribution in [0.4, 0.5) is 0 Å². The van der Waals surface area contributed by atoms with E-state index in [1.54, 1.807) is 38.2 Å². The molecule has 0 saturated carbocycles. The van der Waals surface area contributed by atoms with Crippen LogP contribution in [0.1, 0.15) is 20.8 Å². The van der Waals surface area contributed by atoms with Crippen LogP contribution in [0.15, 0.2) is 36.0 Å². The van der Waals surface area contributed by atoms with E-state index in [1.165, 1.54) is 0 Å². The molecule has 17 heavy (non-hydrogen) atoms. The molecule has 0 rings (SSSR count). The van der Waals surface area contributed by atoms with E-state index in [4.69, 9.17) is 4.74 Å². The summed E-state index contributed by atoms with van der Waals surface area (Å²) in [6.07, 6.45) is 8.56. The molecule has 0 bridgehead atoms. The molecule has 2 nitrogen and oxygen atoms in total. The summed E-state index contributed by atoms with van der Waals surface area (Å²) in [6, 6.07) is 0. The predicted molar refractivity (Wildman–Crippen MR) is 69.9 cm³/mol. The number of carbonyl (C=O) groups is 1. The molecule has 0 aromatic carbocycles. The number of allylic oxidation sites excluding steroid dienone is 4. The Balaban J connectivity index is 3.92. The molecule has 0 saturated heterocycles. The van der Waals surface area contributed by atoms with Crippen molar-refractivity contribution in [3.8, 4) is 23.7 Å². The van der Waals surface area contributed by atoms with Gasteiger partial charge in [0.25, 0.3) is 0 Å². The lowest BCUT2D eigenvalue weighted by Gasteiger charge is -1.99. The lowest BCUT2D eigenvalue weighted by atomic mass is 10.3. The van der Waals surface area contributed by atoms with Crippen molar-refractivity contribution in [2.24, 2.45) is 0 Å².